The first-order valence-electron chi connectivity index (χ1n) is 8.25. The lowest BCUT2D eigenvalue weighted by molar-refractivity contribution is -0.143. The summed E-state index contributed by atoms with van der Waals surface area (Å²) in [6.07, 6.45) is 5.99. The van der Waals surface area contributed by atoms with Gasteiger partial charge < -0.3 is 15.3 Å². The van der Waals surface area contributed by atoms with Crippen LogP contribution in [0.3, 0.4) is 0 Å². The van der Waals surface area contributed by atoms with Crippen LogP contribution < -0.4 is 5.32 Å². The standard InChI is InChI=1S/C16H28N2O3/c1-11(2)12-5-3-7-14(9-12)17-16(21)18-8-4-6-13(10-18)15(19)20/h11-14H,3-10H2,1-2H3,(H,17,21)(H,19,20). The van der Waals surface area contributed by atoms with Gasteiger partial charge in [-0.3, -0.25) is 4.79 Å². The van der Waals surface area contributed by atoms with E-state index in [1.807, 2.05) is 0 Å². The number of nitrogens with zero attached hydrogens (tertiary/aromatic N) is 1. The van der Waals surface area contributed by atoms with E-state index in [4.69, 9.17) is 5.11 Å². The zero-order chi connectivity index (χ0) is 15.4. The van der Waals surface area contributed by atoms with Crippen LogP contribution in [0.15, 0.2) is 0 Å². The number of hydrogen-bond acceptors (Lipinski definition) is 2. The normalized spacial score (nSPS) is 30.2. The van der Waals surface area contributed by atoms with E-state index in [0.29, 0.717) is 31.3 Å². The number of carboxylic acid groups (broad SMARTS) is 1. The van der Waals surface area contributed by atoms with Gasteiger partial charge in [0, 0.05) is 19.1 Å². The highest BCUT2D eigenvalue weighted by molar-refractivity contribution is 5.76. The van der Waals surface area contributed by atoms with Crippen molar-refractivity contribution < 1.29 is 14.7 Å². The van der Waals surface area contributed by atoms with E-state index in [0.717, 1.165) is 19.3 Å². The lowest BCUT2D eigenvalue weighted by atomic mass is 9.79. The molecule has 0 aromatic heterocycles. The quantitative estimate of drug-likeness (QED) is 0.841. The van der Waals surface area contributed by atoms with Gasteiger partial charge in [0.25, 0.3) is 0 Å². The number of carbonyl (C=O) groups excluding carboxylic acids is 1. The minimum atomic E-state index is -0.787. The molecule has 2 aliphatic rings. The molecule has 2 amide bonds. The van der Waals surface area contributed by atoms with Crippen molar-refractivity contribution >= 4 is 12.0 Å². The SMILES string of the molecule is CC(C)C1CCCC(NC(=O)N2CCCC(C(=O)O)C2)C1. The van der Waals surface area contributed by atoms with Crippen LogP contribution in [0.1, 0.15) is 52.4 Å². The molecule has 120 valence electrons. The molecule has 0 bridgehead atoms. The molecular weight excluding hydrogens is 268 g/mol. The Hall–Kier alpha value is -1.26. The van der Waals surface area contributed by atoms with E-state index >= 15 is 0 Å². The Balaban J connectivity index is 1.84. The molecule has 1 aliphatic heterocycles. The molecule has 3 unspecified atom stereocenters. The van der Waals surface area contributed by atoms with Gasteiger partial charge in [-0.05, 0) is 37.5 Å². The van der Waals surface area contributed by atoms with Crippen molar-refractivity contribution in [2.75, 3.05) is 13.1 Å². The zero-order valence-corrected chi connectivity index (χ0v) is 13.2. The number of aliphatic carboxylic acids is 1. The lowest BCUT2D eigenvalue weighted by Crippen LogP contribution is -2.50. The van der Waals surface area contributed by atoms with Gasteiger partial charge in [0.05, 0.1) is 5.92 Å². The van der Waals surface area contributed by atoms with Crippen LogP contribution in [0.4, 0.5) is 4.79 Å². The molecule has 1 aliphatic carbocycles. The molecule has 2 rings (SSSR count). The Morgan fingerprint density at radius 2 is 1.95 bits per heavy atom. The summed E-state index contributed by atoms with van der Waals surface area (Å²) in [4.78, 5) is 25.1. The summed E-state index contributed by atoms with van der Waals surface area (Å²) in [5, 5.41) is 12.2. The number of carbonyl (C=O) groups is 2. The monoisotopic (exact) mass is 296 g/mol. The Morgan fingerprint density at radius 3 is 2.62 bits per heavy atom. The Labute approximate surface area is 127 Å². The molecular formula is C16H28N2O3. The summed E-state index contributed by atoms with van der Waals surface area (Å²) in [5.74, 6) is 0.164. The number of amides is 2. The molecule has 5 nitrogen and oxygen atoms in total. The molecule has 0 aromatic carbocycles. The highest BCUT2D eigenvalue weighted by Crippen LogP contribution is 2.30. The molecule has 5 heteroatoms. The van der Waals surface area contributed by atoms with Crippen molar-refractivity contribution in [1.29, 1.82) is 0 Å². The van der Waals surface area contributed by atoms with Gasteiger partial charge in [0.1, 0.15) is 0 Å². The van der Waals surface area contributed by atoms with Crippen LogP contribution in [0.5, 0.6) is 0 Å². The summed E-state index contributed by atoms with van der Waals surface area (Å²) >= 11 is 0. The van der Waals surface area contributed by atoms with E-state index in [-0.39, 0.29) is 12.1 Å². The maximum absolute atomic E-state index is 12.3. The molecule has 1 heterocycles. The number of carboxylic acids is 1. The van der Waals surface area contributed by atoms with Gasteiger partial charge in [0.15, 0.2) is 0 Å². The van der Waals surface area contributed by atoms with Gasteiger partial charge in [-0.25, -0.2) is 4.79 Å². The van der Waals surface area contributed by atoms with Crippen LogP contribution >= 0.6 is 0 Å². The fourth-order valence-electron chi connectivity index (χ4n) is 3.59. The van der Waals surface area contributed by atoms with Gasteiger partial charge in [-0.1, -0.05) is 26.7 Å². The van der Waals surface area contributed by atoms with Crippen molar-refractivity contribution in [1.82, 2.24) is 10.2 Å². The summed E-state index contributed by atoms with van der Waals surface area (Å²) in [6, 6.07) is 0.180. The van der Waals surface area contributed by atoms with Crippen molar-refractivity contribution in [2.45, 2.75) is 58.4 Å². The number of rotatable bonds is 3. The van der Waals surface area contributed by atoms with E-state index < -0.39 is 11.9 Å². The number of hydrogen-bond donors (Lipinski definition) is 2. The van der Waals surface area contributed by atoms with Crippen LogP contribution in [0, 0.1) is 17.8 Å². The summed E-state index contributed by atoms with van der Waals surface area (Å²) < 4.78 is 0. The second-order valence-electron chi connectivity index (χ2n) is 6.94. The summed E-state index contributed by atoms with van der Waals surface area (Å²) in [6.45, 7) is 5.52. The first-order valence-corrected chi connectivity index (χ1v) is 8.25. The largest absolute Gasteiger partial charge is 0.481 e. The second-order valence-corrected chi connectivity index (χ2v) is 6.94. The van der Waals surface area contributed by atoms with Crippen molar-refractivity contribution in [3.05, 3.63) is 0 Å². The Kier molecular flexibility index (Phi) is 5.48. The Morgan fingerprint density at radius 1 is 1.19 bits per heavy atom. The molecule has 0 aromatic rings. The molecule has 1 saturated carbocycles. The van der Waals surface area contributed by atoms with Gasteiger partial charge in [0.2, 0.25) is 0 Å². The average molecular weight is 296 g/mol. The molecule has 2 fully saturated rings. The van der Waals surface area contributed by atoms with Crippen LogP contribution in [-0.2, 0) is 4.79 Å². The van der Waals surface area contributed by atoms with Crippen molar-refractivity contribution in [2.24, 2.45) is 17.8 Å². The first-order chi connectivity index (χ1) is 9.97. The third kappa shape index (κ3) is 4.35. The topological polar surface area (TPSA) is 69.6 Å². The fourth-order valence-corrected chi connectivity index (χ4v) is 3.59. The van der Waals surface area contributed by atoms with Gasteiger partial charge in [-0.15, -0.1) is 0 Å². The predicted octanol–water partition coefficient (Wildman–Crippen LogP) is 2.71. The third-order valence-corrected chi connectivity index (χ3v) is 5.04. The van der Waals surface area contributed by atoms with Gasteiger partial charge >= 0.3 is 12.0 Å². The van der Waals surface area contributed by atoms with Crippen LogP contribution in [0.25, 0.3) is 0 Å². The number of piperidine rings is 1. The molecule has 2 N–H and O–H groups in total. The van der Waals surface area contributed by atoms with Crippen LogP contribution in [0.2, 0.25) is 0 Å². The van der Waals surface area contributed by atoms with Crippen molar-refractivity contribution in [3.8, 4) is 0 Å². The molecule has 3 atom stereocenters. The third-order valence-electron chi connectivity index (χ3n) is 5.04. The van der Waals surface area contributed by atoms with E-state index in [9.17, 15) is 9.59 Å². The lowest BCUT2D eigenvalue weighted by Gasteiger charge is -2.35. The van der Waals surface area contributed by atoms with E-state index in [1.165, 1.54) is 12.8 Å². The maximum atomic E-state index is 12.3. The molecule has 21 heavy (non-hydrogen) atoms. The van der Waals surface area contributed by atoms with Crippen molar-refractivity contribution in [3.63, 3.8) is 0 Å². The minimum Gasteiger partial charge on any atom is -0.481 e. The summed E-state index contributed by atoms with van der Waals surface area (Å²) in [5.41, 5.74) is 0. The molecule has 0 radical (unpaired) electrons. The first kappa shape index (κ1) is 16.1. The number of nitrogens with one attached hydrogen (secondary N) is 1. The summed E-state index contributed by atoms with van der Waals surface area (Å²) in [7, 11) is 0. The van der Waals surface area contributed by atoms with Gasteiger partial charge in [-0.2, -0.15) is 0 Å². The smallest absolute Gasteiger partial charge is 0.317 e. The highest BCUT2D eigenvalue weighted by Gasteiger charge is 2.30. The minimum absolute atomic E-state index is 0.0737. The fraction of sp³-hybridized carbons (Fsp3) is 0.875. The van der Waals surface area contributed by atoms with E-state index in [1.54, 1.807) is 4.90 Å². The Bertz CT molecular complexity index is 384. The van der Waals surface area contributed by atoms with Crippen LogP contribution in [-0.4, -0.2) is 41.1 Å². The van der Waals surface area contributed by atoms with E-state index in [2.05, 4.69) is 19.2 Å². The average Bonchev–Trinajstić information content (AvgIpc) is 2.47. The highest BCUT2D eigenvalue weighted by atomic mass is 16.4. The number of urea groups is 1. The molecule has 1 saturated heterocycles. The number of likely N-dealkylation sites (tertiary alicyclic amines) is 1. The second kappa shape index (κ2) is 7.14. The maximum Gasteiger partial charge on any atom is 0.317 e. The predicted molar refractivity (Wildman–Crippen MR) is 81.0 cm³/mol. The zero-order valence-electron chi connectivity index (χ0n) is 13.2. The molecule has 0 spiro atoms.